The normalized spacial score (nSPS) is 17.8. The fourth-order valence-corrected chi connectivity index (χ4v) is 4.58. The summed E-state index contributed by atoms with van der Waals surface area (Å²) in [5.41, 5.74) is 4.04. The number of rotatable bonds is 8. The summed E-state index contributed by atoms with van der Waals surface area (Å²) in [5, 5.41) is 0. The maximum atomic E-state index is 13.0. The van der Waals surface area contributed by atoms with Crippen LogP contribution in [0.1, 0.15) is 49.3 Å². The van der Waals surface area contributed by atoms with Gasteiger partial charge in [-0.25, -0.2) is 0 Å². The molecule has 1 saturated heterocycles. The van der Waals surface area contributed by atoms with E-state index in [4.69, 9.17) is 4.74 Å². The molecule has 1 atom stereocenters. The molecule has 0 spiro atoms. The number of nitrogens with zero attached hydrogens (tertiary/aromatic N) is 2. The molecule has 4 rings (SSSR count). The smallest absolute Gasteiger partial charge is 0.310 e. The second kappa shape index (κ2) is 10.9. The number of piperidine rings is 1. The standard InChI is InChI=1S/C28H34N2O4/c1-3-34-28(33)24-8-5-15-29(19-24)26(31)17-21-9-13-25(14-10-21)30(27(32)23-11-12-23)18-22-7-4-6-20(2)16-22/h4,6-7,9-10,13-14,16,23-24H,3,5,8,11-12,15,17-19H2,1-2H3/t24-/m1/s1. The number of likely N-dealkylation sites (tertiary alicyclic amines) is 1. The number of hydrogen-bond acceptors (Lipinski definition) is 4. The summed E-state index contributed by atoms with van der Waals surface area (Å²) in [6.07, 6.45) is 3.77. The Kier molecular flexibility index (Phi) is 7.66. The highest BCUT2D eigenvalue weighted by atomic mass is 16.5. The van der Waals surface area contributed by atoms with E-state index in [0.29, 0.717) is 26.2 Å². The third-order valence-electron chi connectivity index (χ3n) is 6.61. The van der Waals surface area contributed by atoms with Crippen molar-refractivity contribution in [3.05, 3.63) is 65.2 Å². The predicted molar refractivity (Wildman–Crippen MR) is 131 cm³/mol. The lowest BCUT2D eigenvalue weighted by molar-refractivity contribution is -0.151. The molecule has 1 heterocycles. The Balaban J connectivity index is 1.41. The second-order valence-corrected chi connectivity index (χ2v) is 9.46. The summed E-state index contributed by atoms with van der Waals surface area (Å²) >= 11 is 0. The van der Waals surface area contributed by atoms with Gasteiger partial charge >= 0.3 is 5.97 Å². The first-order valence-electron chi connectivity index (χ1n) is 12.3. The van der Waals surface area contributed by atoms with E-state index in [0.717, 1.165) is 42.5 Å². The Labute approximate surface area is 201 Å². The summed E-state index contributed by atoms with van der Waals surface area (Å²) in [6.45, 7) is 5.86. The molecule has 2 aromatic rings. The molecular formula is C28H34N2O4. The van der Waals surface area contributed by atoms with E-state index in [1.165, 1.54) is 5.56 Å². The zero-order chi connectivity index (χ0) is 24.1. The lowest BCUT2D eigenvalue weighted by Crippen LogP contribution is -2.43. The van der Waals surface area contributed by atoms with Crippen LogP contribution in [0, 0.1) is 18.8 Å². The Morgan fingerprint density at radius 2 is 1.76 bits per heavy atom. The van der Waals surface area contributed by atoms with Crippen LogP contribution >= 0.6 is 0 Å². The van der Waals surface area contributed by atoms with Gasteiger partial charge in [0.25, 0.3) is 0 Å². The number of carbonyl (C=O) groups excluding carboxylic acids is 3. The maximum absolute atomic E-state index is 13.0. The Bertz CT molecular complexity index is 1030. The molecule has 2 fully saturated rings. The number of anilines is 1. The molecule has 6 heteroatoms. The van der Waals surface area contributed by atoms with Crippen LogP contribution in [-0.2, 0) is 32.1 Å². The quantitative estimate of drug-likeness (QED) is 0.549. The highest BCUT2D eigenvalue weighted by Gasteiger charge is 2.34. The van der Waals surface area contributed by atoms with E-state index < -0.39 is 0 Å². The van der Waals surface area contributed by atoms with Gasteiger partial charge in [0.15, 0.2) is 0 Å². The highest BCUT2D eigenvalue weighted by molar-refractivity contribution is 5.96. The molecule has 0 radical (unpaired) electrons. The molecule has 0 aromatic heterocycles. The average Bonchev–Trinajstić information content (AvgIpc) is 3.69. The topological polar surface area (TPSA) is 66.9 Å². The number of carbonyl (C=O) groups is 3. The minimum absolute atomic E-state index is 0.0208. The lowest BCUT2D eigenvalue weighted by Gasteiger charge is -2.31. The Hall–Kier alpha value is -3.15. The molecule has 6 nitrogen and oxygen atoms in total. The number of ether oxygens (including phenoxy) is 1. The molecule has 2 amide bonds. The van der Waals surface area contributed by atoms with Crippen LogP contribution < -0.4 is 4.90 Å². The molecule has 34 heavy (non-hydrogen) atoms. The molecule has 2 aromatic carbocycles. The molecule has 180 valence electrons. The molecule has 1 aliphatic heterocycles. The largest absolute Gasteiger partial charge is 0.466 e. The monoisotopic (exact) mass is 462 g/mol. The number of aryl methyl sites for hydroxylation is 1. The number of hydrogen-bond donors (Lipinski definition) is 0. The molecule has 0 bridgehead atoms. The van der Waals surface area contributed by atoms with E-state index in [-0.39, 0.29) is 36.0 Å². The van der Waals surface area contributed by atoms with E-state index in [2.05, 4.69) is 25.1 Å². The van der Waals surface area contributed by atoms with Crippen molar-refractivity contribution in [2.75, 3.05) is 24.6 Å². The molecular weight excluding hydrogens is 428 g/mol. The summed E-state index contributed by atoms with van der Waals surface area (Å²) < 4.78 is 5.14. The van der Waals surface area contributed by atoms with Crippen LogP contribution in [0.2, 0.25) is 0 Å². The number of amides is 2. The minimum Gasteiger partial charge on any atom is -0.466 e. The Morgan fingerprint density at radius 1 is 1.00 bits per heavy atom. The maximum Gasteiger partial charge on any atom is 0.310 e. The average molecular weight is 463 g/mol. The van der Waals surface area contributed by atoms with E-state index in [1.807, 2.05) is 35.2 Å². The van der Waals surface area contributed by atoms with Gasteiger partial charge in [0, 0.05) is 24.7 Å². The third kappa shape index (κ3) is 6.04. The van der Waals surface area contributed by atoms with E-state index in [1.54, 1.807) is 11.8 Å². The van der Waals surface area contributed by atoms with Crippen LogP contribution in [0.3, 0.4) is 0 Å². The summed E-state index contributed by atoms with van der Waals surface area (Å²) in [7, 11) is 0. The zero-order valence-corrected chi connectivity index (χ0v) is 20.2. The summed E-state index contributed by atoms with van der Waals surface area (Å²) in [5.74, 6) is -0.129. The van der Waals surface area contributed by atoms with Gasteiger partial charge < -0.3 is 14.5 Å². The number of benzene rings is 2. The predicted octanol–water partition coefficient (Wildman–Crippen LogP) is 4.28. The van der Waals surface area contributed by atoms with Crippen LogP contribution in [0.25, 0.3) is 0 Å². The van der Waals surface area contributed by atoms with Crippen molar-refractivity contribution in [1.29, 1.82) is 0 Å². The van der Waals surface area contributed by atoms with Crippen LogP contribution in [0.4, 0.5) is 5.69 Å². The molecule has 0 N–H and O–H groups in total. The van der Waals surface area contributed by atoms with Crippen molar-refractivity contribution >= 4 is 23.5 Å². The van der Waals surface area contributed by atoms with Gasteiger partial charge in [-0.2, -0.15) is 0 Å². The molecule has 2 aliphatic rings. The zero-order valence-electron chi connectivity index (χ0n) is 20.2. The van der Waals surface area contributed by atoms with E-state index >= 15 is 0 Å². The fraction of sp³-hybridized carbons (Fsp3) is 0.464. The van der Waals surface area contributed by atoms with Crippen molar-refractivity contribution in [3.63, 3.8) is 0 Å². The Morgan fingerprint density at radius 3 is 2.44 bits per heavy atom. The molecule has 1 saturated carbocycles. The summed E-state index contributed by atoms with van der Waals surface area (Å²) in [6, 6.07) is 16.0. The van der Waals surface area contributed by atoms with Crippen LogP contribution in [0.15, 0.2) is 48.5 Å². The summed E-state index contributed by atoms with van der Waals surface area (Å²) in [4.78, 5) is 41.7. The SMILES string of the molecule is CCOC(=O)[C@@H]1CCCN(C(=O)Cc2ccc(N(Cc3cccc(C)c3)C(=O)C3CC3)cc2)C1. The van der Waals surface area contributed by atoms with Crippen molar-refractivity contribution in [2.24, 2.45) is 11.8 Å². The second-order valence-electron chi connectivity index (χ2n) is 9.46. The first-order chi connectivity index (χ1) is 16.4. The van der Waals surface area contributed by atoms with Gasteiger partial charge in [-0.05, 0) is 62.8 Å². The van der Waals surface area contributed by atoms with Gasteiger partial charge in [-0.15, -0.1) is 0 Å². The van der Waals surface area contributed by atoms with Gasteiger partial charge in [-0.1, -0.05) is 42.0 Å². The van der Waals surface area contributed by atoms with Crippen LogP contribution in [-0.4, -0.2) is 42.4 Å². The third-order valence-corrected chi connectivity index (χ3v) is 6.61. The van der Waals surface area contributed by atoms with E-state index in [9.17, 15) is 14.4 Å². The van der Waals surface area contributed by atoms with Gasteiger partial charge in [0.1, 0.15) is 0 Å². The van der Waals surface area contributed by atoms with Crippen molar-refractivity contribution in [1.82, 2.24) is 4.90 Å². The first kappa shape index (κ1) is 24.0. The van der Waals surface area contributed by atoms with Crippen molar-refractivity contribution in [3.8, 4) is 0 Å². The fourth-order valence-electron chi connectivity index (χ4n) is 4.58. The molecule has 1 aliphatic carbocycles. The van der Waals surface area contributed by atoms with Crippen molar-refractivity contribution < 1.29 is 19.1 Å². The highest BCUT2D eigenvalue weighted by Crippen LogP contribution is 2.33. The molecule has 0 unspecified atom stereocenters. The van der Waals surface area contributed by atoms with Gasteiger partial charge in [0.2, 0.25) is 11.8 Å². The lowest BCUT2D eigenvalue weighted by atomic mass is 9.97. The first-order valence-corrected chi connectivity index (χ1v) is 12.3. The van der Waals surface area contributed by atoms with Crippen molar-refractivity contribution in [2.45, 2.75) is 52.5 Å². The van der Waals surface area contributed by atoms with Gasteiger partial charge in [-0.3, -0.25) is 14.4 Å². The minimum atomic E-state index is -0.233. The number of esters is 1. The van der Waals surface area contributed by atoms with Gasteiger partial charge in [0.05, 0.1) is 25.5 Å². The van der Waals surface area contributed by atoms with Crippen LogP contribution in [0.5, 0.6) is 0 Å².